The van der Waals surface area contributed by atoms with Crippen molar-refractivity contribution in [2.75, 3.05) is 33.0 Å². The predicted octanol–water partition coefficient (Wildman–Crippen LogP) is 1.86. The molecule has 132 valence electrons. The molecule has 1 aromatic heterocycles. The number of likely N-dealkylation sites (N-methyl/N-ethyl adjacent to an activating group) is 2. The van der Waals surface area contributed by atoms with E-state index in [-0.39, 0.29) is 30.0 Å². The maximum absolute atomic E-state index is 12.3. The summed E-state index contributed by atoms with van der Waals surface area (Å²) in [6, 6.07) is 7.22. The minimum Gasteiger partial charge on any atom is -0.347 e. The molecule has 0 radical (unpaired) electrons. The first-order valence-corrected chi connectivity index (χ1v) is 8.45. The molecule has 0 fully saturated rings. The van der Waals surface area contributed by atoms with Gasteiger partial charge in [0.1, 0.15) is 5.69 Å². The molecule has 0 spiro atoms. The van der Waals surface area contributed by atoms with Crippen LogP contribution < -0.4 is 5.32 Å². The monoisotopic (exact) mass is 360 g/mol. The number of hydrogen-bond donors (Lipinski definition) is 1. The lowest BCUT2D eigenvalue weighted by molar-refractivity contribution is -0.129. The number of aryl methyl sites for hydroxylation is 1. The second-order valence-corrected chi connectivity index (χ2v) is 6.61. The molecule has 1 heterocycles. The summed E-state index contributed by atoms with van der Waals surface area (Å²) in [6.45, 7) is 1.82. The Hall–Kier alpha value is -2.74. The number of carbonyl (C=O) groups excluding carboxylic acids is 3. The Morgan fingerprint density at radius 1 is 1.16 bits per heavy atom. The van der Waals surface area contributed by atoms with Crippen LogP contribution in [0.15, 0.2) is 29.6 Å². The van der Waals surface area contributed by atoms with Gasteiger partial charge in [0, 0.05) is 32.1 Å². The minimum absolute atomic E-state index is 0.0335. The van der Waals surface area contributed by atoms with Gasteiger partial charge in [-0.1, -0.05) is 18.2 Å². The zero-order chi connectivity index (χ0) is 18.6. The van der Waals surface area contributed by atoms with E-state index in [0.29, 0.717) is 10.7 Å². The van der Waals surface area contributed by atoms with Crippen molar-refractivity contribution in [3.63, 3.8) is 0 Å². The number of nitrogens with zero attached hydrogens (tertiary/aromatic N) is 3. The average Bonchev–Trinajstić information content (AvgIpc) is 3.02. The Kier molecular flexibility index (Phi) is 5.87. The summed E-state index contributed by atoms with van der Waals surface area (Å²) in [7, 11) is 4.79. The molecule has 3 amide bonds. The van der Waals surface area contributed by atoms with Gasteiger partial charge in [-0.25, -0.2) is 4.98 Å². The van der Waals surface area contributed by atoms with E-state index < -0.39 is 0 Å². The molecule has 7 nitrogen and oxygen atoms in total. The third-order valence-electron chi connectivity index (χ3n) is 3.55. The lowest BCUT2D eigenvalue weighted by atomic mass is 10.1. The summed E-state index contributed by atoms with van der Waals surface area (Å²) < 4.78 is 0. The summed E-state index contributed by atoms with van der Waals surface area (Å²) in [5.74, 6) is -0.829. The van der Waals surface area contributed by atoms with Crippen molar-refractivity contribution in [2.24, 2.45) is 0 Å². The summed E-state index contributed by atoms with van der Waals surface area (Å²) in [5.41, 5.74) is 1.60. The fourth-order valence-corrected chi connectivity index (χ4v) is 2.71. The molecule has 0 atom stereocenters. The molecule has 25 heavy (non-hydrogen) atoms. The molecule has 1 aromatic carbocycles. The number of rotatable bonds is 5. The maximum atomic E-state index is 12.3. The molecule has 0 saturated heterocycles. The van der Waals surface area contributed by atoms with Crippen molar-refractivity contribution in [1.29, 1.82) is 0 Å². The third-order valence-corrected chi connectivity index (χ3v) is 4.31. The Morgan fingerprint density at radius 3 is 2.48 bits per heavy atom. The molecule has 0 saturated carbocycles. The smallest absolute Gasteiger partial charge is 0.273 e. The van der Waals surface area contributed by atoms with E-state index in [9.17, 15) is 14.4 Å². The lowest BCUT2D eigenvalue weighted by Gasteiger charge is -2.18. The highest BCUT2D eigenvalue weighted by molar-refractivity contribution is 7.14. The maximum Gasteiger partial charge on any atom is 0.273 e. The van der Waals surface area contributed by atoms with E-state index in [4.69, 9.17) is 0 Å². The zero-order valence-electron chi connectivity index (χ0n) is 14.6. The number of thiazole rings is 1. The van der Waals surface area contributed by atoms with E-state index in [1.807, 2.05) is 19.1 Å². The fourth-order valence-electron chi connectivity index (χ4n) is 2.03. The van der Waals surface area contributed by atoms with Crippen LogP contribution in [0, 0.1) is 6.92 Å². The van der Waals surface area contributed by atoms with Gasteiger partial charge in [-0.15, -0.1) is 11.3 Å². The third kappa shape index (κ3) is 4.63. The molecule has 1 N–H and O–H groups in total. The summed E-state index contributed by atoms with van der Waals surface area (Å²) >= 11 is 1.16. The average molecular weight is 360 g/mol. The van der Waals surface area contributed by atoms with Gasteiger partial charge in [-0.3, -0.25) is 19.7 Å². The molecular weight excluding hydrogens is 340 g/mol. The van der Waals surface area contributed by atoms with Crippen molar-refractivity contribution >= 4 is 34.2 Å². The molecule has 2 rings (SSSR count). The first kappa shape index (κ1) is 18.6. The molecule has 0 aliphatic heterocycles. The van der Waals surface area contributed by atoms with Crippen LogP contribution >= 0.6 is 11.3 Å². The molecule has 0 unspecified atom stereocenters. The quantitative estimate of drug-likeness (QED) is 0.882. The summed E-state index contributed by atoms with van der Waals surface area (Å²) in [5, 5.41) is 4.59. The van der Waals surface area contributed by atoms with Crippen molar-refractivity contribution in [1.82, 2.24) is 14.8 Å². The highest BCUT2D eigenvalue weighted by Crippen LogP contribution is 2.18. The molecule has 0 aliphatic rings. The Balaban J connectivity index is 2.04. The van der Waals surface area contributed by atoms with E-state index in [1.165, 1.54) is 16.8 Å². The van der Waals surface area contributed by atoms with E-state index >= 15 is 0 Å². The second-order valence-electron chi connectivity index (χ2n) is 5.76. The van der Waals surface area contributed by atoms with Crippen molar-refractivity contribution in [3.05, 3.63) is 46.5 Å². The number of nitrogens with one attached hydrogen (secondary N) is 1. The first-order valence-electron chi connectivity index (χ1n) is 7.57. The Labute approximate surface area is 150 Å². The van der Waals surface area contributed by atoms with Crippen LogP contribution in [0.3, 0.4) is 0 Å². The number of anilines is 1. The zero-order valence-corrected chi connectivity index (χ0v) is 15.4. The predicted molar refractivity (Wildman–Crippen MR) is 96.9 cm³/mol. The fraction of sp³-hybridized carbons (Fsp3) is 0.294. The van der Waals surface area contributed by atoms with Gasteiger partial charge in [0.15, 0.2) is 5.13 Å². The van der Waals surface area contributed by atoms with Gasteiger partial charge < -0.3 is 9.80 Å². The number of aromatic nitrogens is 1. The van der Waals surface area contributed by atoms with Gasteiger partial charge in [0.25, 0.3) is 11.8 Å². The molecule has 2 aromatic rings. The highest BCUT2D eigenvalue weighted by Gasteiger charge is 2.19. The first-order chi connectivity index (χ1) is 11.8. The number of hydrogen-bond acceptors (Lipinski definition) is 5. The molecule has 8 heteroatoms. The van der Waals surface area contributed by atoms with Crippen LogP contribution in [0.25, 0.3) is 0 Å². The van der Waals surface area contributed by atoms with Crippen LogP contribution in [-0.2, 0) is 4.79 Å². The van der Waals surface area contributed by atoms with E-state index in [1.54, 1.807) is 31.6 Å². The lowest BCUT2D eigenvalue weighted by Crippen LogP contribution is -2.37. The van der Waals surface area contributed by atoms with Gasteiger partial charge in [0.2, 0.25) is 5.91 Å². The highest BCUT2D eigenvalue weighted by atomic mass is 32.1. The number of carbonyl (C=O) groups is 3. The largest absolute Gasteiger partial charge is 0.347 e. The molecule has 0 aliphatic carbocycles. The van der Waals surface area contributed by atoms with Gasteiger partial charge in [-0.2, -0.15) is 0 Å². The van der Waals surface area contributed by atoms with Gasteiger partial charge >= 0.3 is 0 Å². The SMILES string of the molecule is Cc1ccccc1C(=O)Nc1nc(C(=O)N(C)CC(=O)N(C)C)cs1. The normalized spacial score (nSPS) is 10.2. The number of amides is 3. The van der Waals surface area contributed by atoms with Crippen molar-refractivity contribution in [3.8, 4) is 0 Å². The molecule has 0 bridgehead atoms. The van der Waals surface area contributed by atoms with Crippen LogP contribution in [0.2, 0.25) is 0 Å². The molecular formula is C17H20N4O3S. The Morgan fingerprint density at radius 2 is 1.84 bits per heavy atom. The van der Waals surface area contributed by atoms with Crippen LogP contribution in [0.5, 0.6) is 0 Å². The van der Waals surface area contributed by atoms with Crippen LogP contribution in [0.1, 0.15) is 26.4 Å². The second kappa shape index (κ2) is 7.89. The van der Waals surface area contributed by atoms with Crippen molar-refractivity contribution < 1.29 is 14.4 Å². The van der Waals surface area contributed by atoms with Gasteiger partial charge in [-0.05, 0) is 18.6 Å². The van der Waals surface area contributed by atoms with Crippen LogP contribution in [-0.4, -0.2) is 60.2 Å². The minimum atomic E-state index is -0.372. The van der Waals surface area contributed by atoms with Gasteiger partial charge in [0.05, 0.1) is 6.54 Å². The Bertz CT molecular complexity index is 801. The standard InChI is InChI=1S/C17H20N4O3S/c1-11-7-5-6-8-12(11)15(23)19-17-18-13(10-25-17)16(24)21(4)9-14(22)20(2)3/h5-8,10H,9H2,1-4H3,(H,18,19,23). The van der Waals surface area contributed by atoms with E-state index in [0.717, 1.165) is 16.9 Å². The summed E-state index contributed by atoms with van der Waals surface area (Å²) in [6.07, 6.45) is 0. The van der Waals surface area contributed by atoms with Crippen molar-refractivity contribution in [2.45, 2.75) is 6.92 Å². The summed E-state index contributed by atoms with van der Waals surface area (Å²) in [4.78, 5) is 43.1. The van der Waals surface area contributed by atoms with Crippen LogP contribution in [0.4, 0.5) is 5.13 Å². The topological polar surface area (TPSA) is 82.6 Å². The number of benzene rings is 1. The van der Waals surface area contributed by atoms with E-state index in [2.05, 4.69) is 10.3 Å².